The lowest BCUT2D eigenvalue weighted by molar-refractivity contribution is 0.363. The molecule has 1 saturated carbocycles. The van der Waals surface area contributed by atoms with Crippen molar-refractivity contribution < 1.29 is 4.39 Å². The monoisotopic (exact) mass is 356 g/mol. The fourth-order valence-corrected chi connectivity index (χ4v) is 3.62. The smallest absolute Gasteiger partial charge is 0.169 e. The van der Waals surface area contributed by atoms with Gasteiger partial charge in [-0.3, -0.25) is 0 Å². The minimum Gasteiger partial charge on any atom is -0.360 e. The molecule has 2 aromatic rings. The van der Waals surface area contributed by atoms with Gasteiger partial charge in [0, 0.05) is 19.1 Å². The van der Waals surface area contributed by atoms with Gasteiger partial charge < -0.3 is 10.2 Å². The van der Waals surface area contributed by atoms with Crippen molar-refractivity contribution in [3.63, 3.8) is 0 Å². The van der Waals surface area contributed by atoms with E-state index in [-0.39, 0.29) is 5.82 Å². The Balaban J connectivity index is 1.70. The van der Waals surface area contributed by atoms with E-state index in [0.717, 1.165) is 17.2 Å². The van der Waals surface area contributed by atoms with Crippen LogP contribution in [0, 0.1) is 5.82 Å². The Morgan fingerprint density at radius 2 is 1.52 bits per heavy atom. The number of hydrogen-bond acceptors (Lipinski definition) is 1. The van der Waals surface area contributed by atoms with Crippen LogP contribution in [0.1, 0.15) is 43.2 Å². The second-order valence-corrected chi connectivity index (χ2v) is 7.14. The van der Waals surface area contributed by atoms with Crippen LogP contribution in [0.3, 0.4) is 0 Å². The van der Waals surface area contributed by atoms with Gasteiger partial charge in [0.15, 0.2) is 5.11 Å². The number of rotatable bonds is 5. The zero-order valence-electron chi connectivity index (χ0n) is 14.5. The largest absolute Gasteiger partial charge is 0.360 e. The van der Waals surface area contributed by atoms with Gasteiger partial charge in [0.2, 0.25) is 0 Å². The first-order chi connectivity index (χ1) is 12.2. The maximum atomic E-state index is 13.2. The summed E-state index contributed by atoms with van der Waals surface area (Å²) in [5.41, 5.74) is 2.28. The van der Waals surface area contributed by atoms with E-state index in [0.29, 0.717) is 12.6 Å². The average molecular weight is 357 g/mol. The molecule has 0 radical (unpaired) electrons. The molecule has 0 spiro atoms. The fourth-order valence-electron chi connectivity index (χ4n) is 3.33. The predicted molar refractivity (Wildman–Crippen MR) is 105 cm³/mol. The number of nitrogens with one attached hydrogen (secondary N) is 1. The SMILES string of the molecule is Fc1ccc(CN(Cc2ccccc2)C(=S)NC2CCCCC2)cc1. The molecule has 4 heteroatoms. The van der Waals surface area contributed by atoms with Gasteiger partial charge in [-0.15, -0.1) is 0 Å². The van der Waals surface area contributed by atoms with Crippen molar-refractivity contribution in [2.45, 2.75) is 51.2 Å². The van der Waals surface area contributed by atoms with Crippen LogP contribution in [0.5, 0.6) is 0 Å². The molecule has 1 aliphatic carbocycles. The molecule has 3 rings (SSSR count). The van der Waals surface area contributed by atoms with Gasteiger partial charge >= 0.3 is 0 Å². The summed E-state index contributed by atoms with van der Waals surface area (Å²) in [5.74, 6) is -0.207. The van der Waals surface area contributed by atoms with Gasteiger partial charge in [-0.05, 0) is 48.3 Å². The molecule has 1 aliphatic rings. The topological polar surface area (TPSA) is 15.3 Å². The van der Waals surface area contributed by atoms with Crippen LogP contribution < -0.4 is 5.32 Å². The van der Waals surface area contributed by atoms with Gasteiger partial charge in [-0.25, -0.2) is 4.39 Å². The average Bonchev–Trinajstić information content (AvgIpc) is 2.64. The van der Waals surface area contributed by atoms with Crippen molar-refractivity contribution >= 4 is 17.3 Å². The predicted octanol–water partition coefficient (Wildman–Crippen LogP) is 5.04. The Bertz CT molecular complexity index is 666. The lowest BCUT2D eigenvalue weighted by Crippen LogP contribution is -2.44. The molecule has 0 aromatic heterocycles. The molecule has 0 aliphatic heterocycles. The fraction of sp³-hybridized carbons (Fsp3) is 0.381. The molecule has 0 bridgehead atoms. The zero-order chi connectivity index (χ0) is 17.5. The lowest BCUT2D eigenvalue weighted by Gasteiger charge is -2.31. The molecule has 132 valence electrons. The standard InChI is InChI=1S/C21H25FN2S/c22-19-13-11-18(12-14-19)16-24(15-17-7-3-1-4-8-17)21(25)23-20-9-5-2-6-10-20/h1,3-4,7-8,11-14,20H,2,5-6,9-10,15-16H2,(H,23,25). The highest BCUT2D eigenvalue weighted by molar-refractivity contribution is 7.80. The second kappa shape index (κ2) is 8.95. The molecular weight excluding hydrogens is 331 g/mol. The molecule has 1 fully saturated rings. The van der Waals surface area contributed by atoms with Crippen molar-refractivity contribution in [3.05, 3.63) is 71.5 Å². The zero-order valence-corrected chi connectivity index (χ0v) is 15.3. The summed E-state index contributed by atoms with van der Waals surface area (Å²) in [6, 6.07) is 17.5. The van der Waals surface area contributed by atoms with Crippen LogP contribution in [-0.4, -0.2) is 16.1 Å². The highest BCUT2D eigenvalue weighted by Crippen LogP contribution is 2.18. The summed E-state index contributed by atoms with van der Waals surface area (Å²) in [7, 11) is 0. The molecule has 0 saturated heterocycles. The van der Waals surface area contributed by atoms with Crippen LogP contribution in [0.15, 0.2) is 54.6 Å². The summed E-state index contributed by atoms with van der Waals surface area (Å²) >= 11 is 5.72. The maximum absolute atomic E-state index is 13.2. The van der Waals surface area contributed by atoms with E-state index < -0.39 is 0 Å². The van der Waals surface area contributed by atoms with Gasteiger partial charge in [0.25, 0.3) is 0 Å². The van der Waals surface area contributed by atoms with E-state index in [2.05, 4.69) is 22.3 Å². The highest BCUT2D eigenvalue weighted by atomic mass is 32.1. The maximum Gasteiger partial charge on any atom is 0.169 e. The molecular formula is C21H25FN2S. The minimum atomic E-state index is -0.207. The molecule has 0 heterocycles. The molecule has 0 amide bonds. The Kier molecular flexibility index (Phi) is 6.40. The normalized spacial score (nSPS) is 14.9. The van der Waals surface area contributed by atoms with E-state index in [9.17, 15) is 4.39 Å². The van der Waals surface area contributed by atoms with Gasteiger partial charge in [-0.2, -0.15) is 0 Å². The Labute approximate surface area is 155 Å². The number of halogens is 1. The first-order valence-corrected chi connectivity index (χ1v) is 9.45. The number of nitrogens with zero attached hydrogens (tertiary/aromatic N) is 1. The molecule has 1 N–H and O–H groups in total. The Morgan fingerprint density at radius 1 is 0.920 bits per heavy atom. The van der Waals surface area contributed by atoms with E-state index in [1.54, 1.807) is 0 Å². The van der Waals surface area contributed by atoms with Crippen LogP contribution >= 0.6 is 12.2 Å². The summed E-state index contributed by atoms with van der Waals surface area (Å²) in [5, 5.41) is 4.35. The first-order valence-electron chi connectivity index (χ1n) is 9.04. The van der Waals surface area contributed by atoms with Crippen molar-refractivity contribution in [3.8, 4) is 0 Å². The summed E-state index contributed by atoms with van der Waals surface area (Å²) in [6.45, 7) is 1.42. The summed E-state index contributed by atoms with van der Waals surface area (Å²) < 4.78 is 13.2. The third-order valence-electron chi connectivity index (χ3n) is 4.72. The number of hydrogen-bond donors (Lipinski definition) is 1. The lowest BCUT2D eigenvalue weighted by atomic mass is 9.96. The first kappa shape index (κ1) is 17.9. The molecule has 2 nitrogen and oxygen atoms in total. The Morgan fingerprint density at radius 3 is 2.16 bits per heavy atom. The highest BCUT2D eigenvalue weighted by Gasteiger charge is 2.18. The molecule has 0 atom stereocenters. The second-order valence-electron chi connectivity index (χ2n) is 6.75. The molecule has 25 heavy (non-hydrogen) atoms. The molecule has 2 aromatic carbocycles. The summed E-state index contributed by atoms with van der Waals surface area (Å²) in [4.78, 5) is 2.17. The van der Waals surface area contributed by atoms with Crippen LogP contribution in [-0.2, 0) is 13.1 Å². The van der Waals surface area contributed by atoms with Crippen molar-refractivity contribution in [2.75, 3.05) is 0 Å². The van der Waals surface area contributed by atoms with Gasteiger partial charge in [0.05, 0.1) is 0 Å². The van der Waals surface area contributed by atoms with Crippen LogP contribution in [0.4, 0.5) is 4.39 Å². The van der Waals surface area contributed by atoms with Crippen molar-refractivity contribution in [1.82, 2.24) is 10.2 Å². The van der Waals surface area contributed by atoms with Crippen molar-refractivity contribution in [1.29, 1.82) is 0 Å². The third kappa shape index (κ3) is 5.53. The van der Waals surface area contributed by atoms with Gasteiger partial charge in [-0.1, -0.05) is 61.7 Å². The van der Waals surface area contributed by atoms with Crippen molar-refractivity contribution in [2.24, 2.45) is 0 Å². The summed E-state index contributed by atoms with van der Waals surface area (Å²) in [6.07, 6.45) is 6.26. The third-order valence-corrected chi connectivity index (χ3v) is 5.10. The van der Waals surface area contributed by atoms with Crippen LogP contribution in [0.2, 0.25) is 0 Å². The van der Waals surface area contributed by atoms with Crippen LogP contribution in [0.25, 0.3) is 0 Å². The van der Waals surface area contributed by atoms with E-state index >= 15 is 0 Å². The number of thiocarbonyl (C=S) groups is 1. The minimum absolute atomic E-state index is 0.207. The van der Waals surface area contributed by atoms with E-state index in [4.69, 9.17) is 12.2 Å². The van der Waals surface area contributed by atoms with E-state index in [1.165, 1.54) is 49.8 Å². The van der Waals surface area contributed by atoms with Gasteiger partial charge in [0.1, 0.15) is 5.82 Å². The number of benzene rings is 2. The quantitative estimate of drug-likeness (QED) is 0.756. The molecule has 0 unspecified atom stereocenters. The van der Waals surface area contributed by atoms with E-state index in [1.807, 2.05) is 30.3 Å². The Hall–Kier alpha value is -1.94.